The van der Waals surface area contributed by atoms with E-state index in [2.05, 4.69) is 10.2 Å². The summed E-state index contributed by atoms with van der Waals surface area (Å²) in [6, 6.07) is 5.99. The van der Waals surface area contributed by atoms with Crippen molar-refractivity contribution in [3.63, 3.8) is 0 Å². The summed E-state index contributed by atoms with van der Waals surface area (Å²) in [7, 11) is 5.71. The van der Waals surface area contributed by atoms with E-state index in [-0.39, 0.29) is 11.8 Å². The second-order valence-corrected chi connectivity index (χ2v) is 6.69. The molecule has 1 aromatic carbocycles. The van der Waals surface area contributed by atoms with Crippen molar-refractivity contribution in [3.8, 4) is 5.75 Å². The van der Waals surface area contributed by atoms with Gasteiger partial charge in [-0.2, -0.15) is 0 Å². The largest absolute Gasteiger partial charge is 0.495 e. The van der Waals surface area contributed by atoms with E-state index in [0.717, 1.165) is 42.7 Å². The summed E-state index contributed by atoms with van der Waals surface area (Å²) in [6.07, 6.45) is 3.47. The molecule has 2 aliphatic rings. The lowest BCUT2D eigenvalue weighted by molar-refractivity contribution is -0.120. The predicted molar refractivity (Wildman–Crippen MR) is 83.3 cm³/mol. The zero-order valence-corrected chi connectivity index (χ0v) is 13.1. The van der Waals surface area contributed by atoms with Gasteiger partial charge < -0.3 is 15.0 Å². The first-order valence-corrected chi connectivity index (χ1v) is 7.69. The fourth-order valence-electron chi connectivity index (χ4n) is 3.48. The Kier molecular flexibility index (Phi) is 3.89. The lowest BCUT2D eigenvalue weighted by atomic mass is 10.0. The third kappa shape index (κ3) is 3.21. The summed E-state index contributed by atoms with van der Waals surface area (Å²) in [6.45, 7) is 0.848. The second kappa shape index (κ2) is 5.68. The molecule has 1 amide bonds. The molecule has 21 heavy (non-hydrogen) atoms. The quantitative estimate of drug-likeness (QED) is 0.906. The monoisotopic (exact) mass is 288 g/mol. The molecule has 4 heteroatoms. The van der Waals surface area contributed by atoms with Gasteiger partial charge in [0.05, 0.1) is 12.8 Å². The van der Waals surface area contributed by atoms with Crippen LogP contribution in [0.25, 0.3) is 0 Å². The highest BCUT2D eigenvalue weighted by atomic mass is 16.5. The van der Waals surface area contributed by atoms with Gasteiger partial charge in [0, 0.05) is 12.5 Å². The number of benzene rings is 1. The number of anilines is 1. The minimum Gasteiger partial charge on any atom is -0.495 e. The molecule has 0 bridgehead atoms. The molecule has 114 valence electrons. The van der Waals surface area contributed by atoms with Gasteiger partial charge in [0.25, 0.3) is 0 Å². The normalized spacial score (nSPS) is 26.6. The molecule has 2 unspecified atom stereocenters. The van der Waals surface area contributed by atoms with E-state index in [9.17, 15) is 4.79 Å². The maximum atomic E-state index is 12.4. The van der Waals surface area contributed by atoms with Gasteiger partial charge >= 0.3 is 0 Å². The van der Waals surface area contributed by atoms with E-state index in [4.69, 9.17) is 4.74 Å². The Morgan fingerprint density at radius 1 is 1.29 bits per heavy atom. The highest BCUT2D eigenvalue weighted by Crippen LogP contribution is 2.54. The van der Waals surface area contributed by atoms with Crippen LogP contribution in [-0.2, 0) is 11.3 Å². The molecule has 1 aromatic rings. The Bertz CT molecular complexity index is 532. The number of carbonyl (C=O) groups is 1. The molecule has 2 aliphatic carbocycles. The van der Waals surface area contributed by atoms with Crippen molar-refractivity contribution in [2.75, 3.05) is 26.5 Å². The fourth-order valence-corrected chi connectivity index (χ4v) is 3.48. The number of methoxy groups -OCH3 is 1. The standard InChI is InChI=1S/C17H24N2O2/c1-19(2)10-11-4-5-16(21-3)15(6-11)18-17(20)14-8-12-7-13(12)9-14/h4-6,12-14H,7-10H2,1-3H3,(H,18,20). The Morgan fingerprint density at radius 2 is 2.00 bits per heavy atom. The van der Waals surface area contributed by atoms with Crippen LogP contribution in [0.2, 0.25) is 0 Å². The summed E-state index contributed by atoms with van der Waals surface area (Å²) in [5.41, 5.74) is 1.97. The molecule has 2 fully saturated rings. The molecule has 0 saturated heterocycles. The van der Waals surface area contributed by atoms with Crippen LogP contribution >= 0.6 is 0 Å². The summed E-state index contributed by atoms with van der Waals surface area (Å²) in [5, 5.41) is 3.08. The van der Waals surface area contributed by atoms with Crippen LogP contribution < -0.4 is 10.1 Å². The van der Waals surface area contributed by atoms with Crippen LogP contribution in [0, 0.1) is 17.8 Å². The van der Waals surface area contributed by atoms with E-state index in [1.54, 1.807) is 7.11 Å². The smallest absolute Gasteiger partial charge is 0.227 e. The molecule has 0 aromatic heterocycles. The van der Waals surface area contributed by atoms with Gasteiger partial charge in [-0.05, 0) is 62.9 Å². The number of nitrogens with one attached hydrogen (secondary N) is 1. The molecule has 2 saturated carbocycles. The first kappa shape index (κ1) is 14.4. The van der Waals surface area contributed by atoms with E-state index < -0.39 is 0 Å². The highest BCUT2D eigenvalue weighted by Gasteiger charge is 2.48. The molecule has 2 atom stereocenters. The minimum atomic E-state index is 0.155. The van der Waals surface area contributed by atoms with Crippen molar-refractivity contribution in [2.24, 2.45) is 17.8 Å². The number of hydrogen-bond donors (Lipinski definition) is 1. The molecule has 0 heterocycles. The highest BCUT2D eigenvalue weighted by molar-refractivity contribution is 5.94. The molecular formula is C17H24N2O2. The van der Waals surface area contributed by atoms with Crippen LogP contribution in [0.4, 0.5) is 5.69 Å². The van der Waals surface area contributed by atoms with E-state index >= 15 is 0 Å². The van der Waals surface area contributed by atoms with Crippen molar-refractivity contribution in [1.29, 1.82) is 0 Å². The van der Waals surface area contributed by atoms with Gasteiger partial charge in [0.15, 0.2) is 0 Å². The Balaban J connectivity index is 1.71. The minimum absolute atomic E-state index is 0.155. The van der Waals surface area contributed by atoms with E-state index in [0.29, 0.717) is 0 Å². The zero-order valence-electron chi connectivity index (χ0n) is 13.1. The fraction of sp³-hybridized carbons (Fsp3) is 0.588. The lowest BCUT2D eigenvalue weighted by Gasteiger charge is -2.17. The Hall–Kier alpha value is -1.55. The van der Waals surface area contributed by atoms with Gasteiger partial charge in [-0.25, -0.2) is 0 Å². The van der Waals surface area contributed by atoms with Crippen LogP contribution in [0.15, 0.2) is 18.2 Å². The zero-order chi connectivity index (χ0) is 15.0. The van der Waals surface area contributed by atoms with Crippen molar-refractivity contribution in [1.82, 2.24) is 4.90 Å². The Labute approximate surface area is 126 Å². The van der Waals surface area contributed by atoms with Gasteiger partial charge in [-0.3, -0.25) is 4.79 Å². The SMILES string of the molecule is COc1ccc(CN(C)C)cc1NC(=O)C1CC2CC2C1. The molecule has 1 N–H and O–H groups in total. The molecule has 0 aliphatic heterocycles. The third-order valence-corrected chi connectivity index (χ3v) is 4.63. The maximum absolute atomic E-state index is 12.4. The molecule has 0 spiro atoms. The molecular weight excluding hydrogens is 264 g/mol. The average Bonchev–Trinajstić information content (AvgIpc) is 3.05. The number of amides is 1. The first-order chi connectivity index (χ1) is 10.1. The maximum Gasteiger partial charge on any atom is 0.227 e. The number of fused-ring (bicyclic) bond motifs is 1. The number of hydrogen-bond acceptors (Lipinski definition) is 3. The van der Waals surface area contributed by atoms with E-state index in [1.807, 2.05) is 32.3 Å². The van der Waals surface area contributed by atoms with Gasteiger partial charge in [0.1, 0.15) is 5.75 Å². The van der Waals surface area contributed by atoms with Crippen LogP contribution in [0.1, 0.15) is 24.8 Å². The van der Waals surface area contributed by atoms with Crippen molar-refractivity contribution < 1.29 is 9.53 Å². The average molecular weight is 288 g/mol. The van der Waals surface area contributed by atoms with Crippen molar-refractivity contribution >= 4 is 11.6 Å². The molecule has 3 rings (SSSR count). The summed E-state index contributed by atoms with van der Waals surface area (Å²) >= 11 is 0. The number of carbonyl (C=O) groups excluding carboxylic acids is 1. The second-order valence-electron chi connectivity index (χ2n) is 6.69. The van der Waals surface area contributed by atoms with Crippen molar-refractivity contribution in [2.45, 2.75) is 25.8 Å². The van der Waals surface area contributed by atoms with Gasteiger partial charge in [-0.15, -0.1) is 0 Å². The number of rotatable bonds is 5. The predicted octanol–water partition coefficient (Wildman–Crippen LogP) is 2.74. The van der Waals surface area contributed by atoms with Crippen LogP contribution in [0.3, 0.4) is 0 Å². The lowest BCUT2D eigenvalue weighted by Crippen LogP contribution is -2.22. The molecule has 4 nitrogen and oxygen atoms in total. The summed E-state index contributed by atoms with van der Waals surface area (Å²) in [5.74, 6) is 2.72. The van der Waals surface area contributed by atoms with Crippen LogP contribution in [0.5, 0.6) is 5.75 Å². The van der Waals surface area contributed by atoms with E-state index in [1.165, 1.54) is 12.0 Å². The topological polar surface area (TPSA) is 41.6 Å². The van der Waals surface area contributed by atoms with Crippen LogP contribution in [-0.4, -0.2) is 32.0 Å². The summed E-state index contributed by atoms with van der Waals surface area (Å²) < 4.78 is 5.37. The number of nitrogens with zero attached hydrogens (tertiary/aromatic N) is 1. The Morgan fingerprint density at radius 3 is 2.62 bits per heavy atom. The third-order valence-electron chi connectivity index (χ3n) is 4.63. The number of ether oxygens (including phenoxy) is 1. The van der Waals surface area contributed by atoms with Crippen molar-refractivity contribution in [3.05, 3.63) is 23.8 Å². The van der Waals surface area contributed by atoms with Gasteiger partial charge in [-0.1, -0.05) is 6.07 Å². The first-order valence-electron chi connectivity index (χ1n) is 7.69. The molecule has 0 radical (unpaired) electrons. The van der Waals surface area contributed by atoms with Gasteiger partial charge in [0.2, 0.25) is 5.91 Å². The summed E-state index contributed by atoms with van der Waals surface area (Å²) in [4.78, 5) is 14.5.